The van der Waals surface area contributed by atoms with Crippen molar-refractivity contribution in [2.24, 2.45) is 11.7 Å². The van der Waals surface area contributed by atoms with E-state index in [-0.39, 0.29) is 17.7 Å². The number of amides is 2. The summed E-state index contributed by atoms with van der Waals surface area (Å²) in [5.41, 5.74) is 7.66. The summed E-state index contributed by atoms with van der Waals surface area (Å²) in [4.78, 5) is 29.8. The molecule has 6 nitrogen and oxygen atoms in total. The average Bonchev–Trinajstić information content (AvgIpc) is 3.11. The number of anilines is 1. The molecule has 2 amide bonds. The van der Waals surface area contributed by atoms with E-state index in [0.717, 1.165) is 24.2 Å². The largest absolute Gasteiger partial charge is 0.371 e. The van der Waals surface area contributed by atoms with Gasteiger partial charge >= 0.3 is 0 Å². The number of aromatic nitrogens is 1. The molecule has 0 unspecified atom stereocenters. The van der Waals surface area contributed by atoms with E-state index in [2.05, 4.69) is 15.2 Å². The van der Waals surface area contributed by atoms with E-state index in [1.165, 1.54) is 0 Å². The standard InChI is InChI=1S/C18H20N4O2/c19-17(23)14-7-9-22(12-14)15-6-8-20-16(10-15)18(24)21-11-13-4-2-1-3-5-13/h1-6,8,10,14H,7,9,11-12H2,(H2,19,23)(H,21,24)/t14-/m0/s1. The molecule has 2 heterocycles. The number of carbonyl (C=O) groups is 2. The molecule has 124 valence electrons. The molecule has 24 heavy (non-hydrogen) atoms. The Balaban J connectivity index is 1.64. The number of hydrogen-bond donors (Lipinski definition) is 2. The van der Waals surface area contributed by atoms with Crippen LogP contribution in [-0.2, 0) is 11.3 Å². The molecule has 3 N–H and O–H groups in total. The number of carbonyl (C=O) groups excluding carboxylic acids is 2. The van der Waals surface area contributed by atoms with E-state index in [0.29, 0.717) is 18.8 Å². The van der Waals surface area contributed by atoms with Crippen LogP contribution < -0.4 is 16.0 Å². The van der Waals surface area contributed by atoms with Crippen molar-refractivity contribution >= 4 is 17.5 Å². The minimum Gasteiger partial charge on any atom is -0.371 e. The van der Waals surface area contributed by atoms with Crippen LogP contribution >= 0.6 is 0 Å². The van der Waals surface area contributed by atoms with Crippen LogP contribution in [0.4, 0.5) is 5.69 Å². The second-order valence-corrected chi connectivity index (χ2v) is 5.90. The molecule has 0 saturated carbocycles. The van der Waals surface area contributed by atoms with Crippen LogP contribution in [0.2, 0.25) is 0 Å². The lowest BCUT2D eigenvalue weighted by Crippen LogP contribution is -2.28. The average molecular weight is 324 g/mol. The van der Waals surface area contributed by atoms with Crippen LogP contribution in [0.15, 0.2) is 48.7 Å². The van der Waals surface area contributed by atoms with Crippen molar-refractivity contribution in [2.75, 3.05) is 18.0 Å². The van der Waals surface area contributed by atoms with Crippen LogP contribution in [0.5, 0.6) is 0 Å². The van der Waals surface area contributed by atoms with Crippen molar-refractivity contribution in [2.45, 2.75) is 13.0 Å². The Hall–Kier alpha value is -2.89. The van der Waals surface area contributed by atoms with Gasteiger partial charge in [0.2, 0.25) is 5.91 Å². The van der Waals surface area contributed by atoms with E-state index in [1.54, 1.807) is 12.3 Å². The maximum Gasteiger partial charge on any atom is 0.270 e. The van der Waals surface area contributed by atoms with Gasteiger partial charge in [0.15, 0.2) is 0 Å². The maximum atomic E-state index is 12.3. The number of nitrogens with two attached hydrogens (primary N) is 1. The lowest BCUT2D eigenvalue weighted by atomic mass is 10.1. The maximum absolute atomic E-state index is 12.3. The predicted octanol–water partition coefficient (Wildman–Crippen LogP) is 1.32. The number of nitrogens with one attached hydrogen (secondary N) is 1. The molecule has 1 aromatic carbocycles. The normalized spacial score (nSPS) is 16.8. The summed E-state index contributed by atoms with van der Waals surface area (Å²) in [6.07, 6.45) is 2.36. The minimum atomic E-state index is -0.271. The SMILES string of the molecule is NC(=O)[C@H]1CCN(c2ccnc(C(=O)NCc3ccccc3)c2)C1. The Labute approximate surface area is 140 Å². The number of hydrogen-bond acceptors (Lipinski definition) is 4. The molecule has 1 aliphatic heterocycles. The summed E-state index contributed by atoms with van der Waals surface area (Å²) < 4.78 is 0. The van der Waals surface area contributed by atoms with E-state index < -0.39 is 0 Å². The zero-order valence-electron chi connectivity index (χ0n) is 13.3. The van der Waals surface area contributed by atoms with Gasteiger partial charge in [-0.15, -0.1) is 0 Å². The lowest BCUT2D eigenvalue weighted by Gasteiger charge is -2.18. The number of benzene rings is 1. The Kier molecular flexibility index (Phi) is 4.74. The van der Waals surface area contributed by atoms with Gasteiger partial charge in [-0.1, -0.05) is 30.3 Å². The smallest absolute Gasteiger partial charge is 0.270 e. The van der Waals surface area contributed by atoms with Gasteiger partial charge in [0.1, 0.15) is 5.69 Å². The summed E-state index contributed by atoms with van der Waals surface area (Å²) in [6, 6.07) is 13.3. The predicted molar refractivity (Wildman–Crippen MR) is 91.4 cm³/mol. The molecule has 1 atom stereocenters. The van der Waals surface area contributed by atoms with Gasteiger partial charge in [0, 0.05) is 31.5 Å². The summed E-state index contributed by atoms with van der Waals surface area (Å²) in [7, 11) is 0. The summed E-state index contributed by atoms with van der Waals surface area (Å²) in [5.74, 6) is -0.618. The molecule has 0 radical (unpaired) electrons. The highest BCUT2D eigenvalue weighted by atomic mass is 16.2. The monoisotopic (exact) mass is 324 g/mol. The Morgan fingerprint density at radius 2 is 2.04 bits per heavy atom. The first-order valence-corrected chi connectivity index (χ1v) is 7.96. The van der Waals surface area contributed by atoms with E-state index in [9.17, 15) is 9.59 Å². The molecule has 0 bridgehead atoms. The van der Waals surface area contributed by atoms with Crippen molar-refractivity contribution in [3.8, 4) is 0 Å². The van der Waals surface area contributed by atoms with Gasteiger partial charge in [-0.25, -0.2) is 0 Å². The molecule has 0 aliphatic carbocycles. The molecule has 1 saturated heterocycles. The van der Waals surface area contributed by atoms with Gasteiger partial charge in [0.05, 0.1) is 5.92 Å². The van der Waals surface area contributed by atoms with Crippen LogP contribution in [0.1, 0.15) is 22.5 Å². The van der Waals surface area contributed by atoms with Crippen LogP contribution in [-0.4, -0.2) is 29.9 Å². The van der Waals surface area contributed by atoms with Gasteiger partial charge in [0.25, 0.3) is 5.91 Å². The Morgan fingerprint density at radius 3 is 2.75 bits per heavy atom. The first-order valence-electron chi connectivity index (χ1n) is 7.96. The third-order valence-electron chi connectivity index (χ3n) is 4.23. The van der Waals surface area contributed by atoms with E-state index >= 15 is 0 Å². The molecule has 6 heteroatoms. The number of nitrogens with zero attached hydrogens (tertiary/aromatic N) is 2. The Bertz CT molecular complexity index is 733. The fourth-order valence-electron chi connectivity index (χ4n) is 2.84. The number of pyridine rings is 1. The first kappa shape index (κ1) is 16.0. The molecule has 0 spiro atoms. The highest BCUT2D eigenvalue weighted by Crippen LogP contribution is 2.23. The Morgan fingerprint density at radius 1 is 1.25 bits per heavy atom. The third kappa shape index (κ3) is 3.71. The van der Waals surface area contributed by atoms with Crippen molar-refractivity contribution in [1.29, 1.82) is 0 Å². The van der Waals surface area contributed by atoms with E-state index in [4.69, 9.17) is 5.73 Å². The first-order chi connectivity index (χ1) is 11.6. The topological polar surface area (TPSA) is 88.3 Å². The summed E-state index contributed by atoms with van der Waals surface area (Å²) >= 11 is 0. The second kappa shape index (κ2) is 7.12. The molecule has 1 aromatic heterocycles. The van der Waals surface area contributed by atoms with Crippen LogP contribution in [0, 0.1) is 5.92 Å². The van der Waals surface area contributed by atoms with Crippen LogP contribution in [0.3, 0.4) is 0 Å². The highest BCUT2D eigenvalue weighted by Gasteiger charge is 2.27. The lowest BCUT2D eigenvalue weighted by molar-refractivity contribution is -0.121. The molecule has 3 rings (SSSR count). The molecular weight excluding hydrogens is 304 g/mol. The minimum absolute atomic E-state index is 0.131. The van der Waals surface area contributed by atoms with Crippen molar-refractivity contribution in [1.82, 2.24) is 10.3 Å². The van der Waals surface area contributed by atoms with Crippen molar-refractivity contribution < 1.29 is 9.59 Å². The number of rotatable bonds is 5. The molecule has 1 aliphatic rings. The highest BCUT2D eigenvalue weighted by molar-refractivity contribution is 5.93. The van der Waals surface area contributed by atoms with Crippen molar-refractivity contribution in [3.05, 3.63) is 59.9 Å². The third-order valence-corrected chi connectivity index (χ3v) is 4.23. The van der Waals surface area contributed by atoms with Crippen LogP contribution in [0.25, 0.3) is 0 Å². The molecule has 2 aromatic rings. The fraction of sp³-hybridized carbons (Fsp3) is 0.278. The molecular formula is C18H20N4O2. The van der Waals surface area contributed by atoms with Crippen molar-refractivity contribution in [3.63, 3.8) is 0 Å². The van der Waals surface area contributed by atoms with Gasteiger partial charge in [-0.05, 0) is 24.1 Å². The summed E-state index contributed by atoms with van der Waals surface area (Å²) in [5, 5.41) is 2.87. The fourth-order valence-corrected chi connectivity index (χ4v) is 2.84. The zero-order chi connectivity index (χ0) is 16.9. The van der Waals surface area contributed by atoms with E-state index in [1.807, 2.05) is 36.4 Å². The van der Waals surface area contributed by atoms with Gasteiger partial charge < -0.3 is 16.0 Å². The zero-order valence-corrected chi connectivity index (χ0v) is 13.3. The number of primary amides is 1. The summed E-state index contributed by atoms with van der Waals surface area (Å²) in [6.45, 7) is 1.80. The van der Waals surface area contributed by atoms with Gasteiger partial charge in [-0.3, -0.25) is 14.6 Å². The molecule has 1 fully saturated rings. The van der Waals surface area contributed by atoms with Gasteiger partial charge in [-0.2, -0.15) is 0 Å². The quantitative estimate of drug-likeness (QED) is 0.868. The second-order valence-electron chi connectivity index (χ2n) is 5.90.